The van der Waals surface area contributed by atoms with E-state index in [-0.39, 0.29) is 5.91 Å². The zero-order valence-corrected chi connectivity index (χ0v) is 18.1. The van der Waals surface area contributed by atoms with E-state index in [1.807, 2.05) is 12.1 Å². The molecule has 0 unspecified atom stereocenters. The number of nitrogens with zero attached hydrogens (tertiary/aromatic N) is 2. The van der Waals surface area contributed by atoms with Crippen LogP contribution in [0.25, 0.3) is 0 Å². The molecule has 0 spiro atoms. The van der Waals surface area contributed by atoms with Crippen LogP contribution in [0, 0.1) is 0 Å². The summed E-state index contributed by atoms with van der Waals surface area (Å²) < 4.78 is 0. The zero-order chi connectivity index (χ0) is 20.5. The zero-order valence-electron chi connectivity index (χ0n) is 18.1. The fourth-order valence-corrected chi connectivity index (χ4v) is 4.73. The van der Waals surface area contributed by atoms with Crippen LogP contribution in [0.1, 0.15) is 57.1 Å². The van der Waals surface area contributed by atoms with Crippen molar-refractivity contribution in [1.29, 1.82) is 0 Å². The fourth-order valence-electron chi connectivity index (χ4n) is 4.73. The summed E-state index contributed by atoms with van der Waals surface area (Å²) >= 11 is 0. The molecule has 3 nitrogen and oxygen atoms in total. The van der Waals surface area contributed by atoms with E-state index in [2.05, 4.69) is 72.2 Å². The van der Waals surface area contributed by atoms with Gasteiger partial charge in [0.25, 0.3) is 0 Å². The largest absolute Gasteiger partial charge is 0.342 e. The van der Waals surface area contributed by atoms with Crippen molar-refractivity contribution in [3.05, 3.63) is 71.8 Å². The molecule has 0 saturated carbocycles. The van der Waals surface area contributed by atoms with E-state index in [0.717, 1.165) is 69.5 Å². The van der Waals surface area contributed by atoms with Crippen LogP contribution < -0.4 is 0 Å². The average Bonchev–Trinajstić information content (AvgIpc) is 2.81. The van der Waals surface area contributed by atoms with Crippen LogP contribution in [0.15, 0.2) is 60.7 Å². The van der Waals surface area contributed by atoms with Gasteiger partial charge in [0.15, 0.2) is 0 Å². The van der Waals surface area contributed by atoms with Gasteiger partial charge in [-0.25, -0.2) is 0 Å². The molecule has 0 radical (unpaired) electrons. The predicted octanol–water partition coefficient (Wildman–Crippen LogP) is 5.11. The third-order valence-electron chi connectivity index (χ3n) is 6.46. The summed E-state index contributed by atoms with van der Waals surface area (Å²) in [5.41, 5.74) is 1.65. The third kappa shape index (κ3) is 4.90. The van der Waals surface area contributed by atoms with Crippen LogP contribution in [-0.2, 0) is 10.2 Å². The Kier molecular flexibility index (Phi) is 7.88. The second-order valence-electron chi connectivity index (χ2n) is 8.12. The molecule has 1 amide bonds. The van der Waals surface area contributed by atoms with Gasteiger partial charge in [-0.05, 0) is 62.9 Å². The highest BCUT2D eigenvalue weighted by Gasteiger charge is 2.44. The summed E-state index contributed by atoms with van der Waals surface area (Å²) in [6, 6.07) is 20.9. The molecular formula is C26H36N2O. The predicted molar refractivity (Wildman–Crippen MR) is 121 cm³/mol. The summed E-state index contributed by atoms with van der Waals surface area (Å²) in [7, 11) is 0. The molecule has 0 N–H and O–H groups in total. The van der Waals surface area contributed by atoms with Crippen molar-refractivity contribution in [2.24, 2.45) is 0 Å². The molecular weight excluding hydrogens is 356 g/mol. The lowest BCUT2D eigenvalue weighted by Crippen LogP contribution is -2.49. The molecule has 0 aromatic heterocycles. The molecule has 0 aliphatic carbocycles. The van der Waals surface area contributed by atoms with E-state index in [0.29, 0.717) is 0 Å². The lowest BCUT2D eigenvalue weighted by atomic mass is 9.70. The third-order valence-corrected chi connectivity index (χ3v) is 6.46. The Labute approximate surface area is 176 Å². The minimum atomic E-state index is -0.604. The van der Waals surface area contributed by atoms with Gasteiger partial charge in [0.05, 0.1) is 5.41 Å². The van der Waals surface area contributed by atoms with Gasteiger partial charge in [-0.2, -0.15) is 0 Å². The molecule has 1 aliphatic rings. The molecule has 1 saturated heterocycles. The Bertz CT molecular complexity index is 694. The van der Waals surface area contributed by atoms with Crippen molar-refractivity contribution in [3.63, 3.8) is 0 Å². The van der Waals surface area contributed by atoms with Gasteiger partial charge in [-0.15, -0.1) is 0 Å². The van der Waals surface area contributed by atoms with Crippen molar-refractivity contribution < 1.29 is 4.79 Å². The van der Waals surface area contributed by atoms with Gasteiger partial charge in [0, 0.05) is 13.1 Å². The van der Waals surface area contributed by atoms with Gasteiger partial charge >= 0.3 is 0 Å². The van der Waals surface area contributed by atoms with Gasteiger partial charge < -0.3 is 9.80 Å². The quantitative estimate of drug-likeness (QED) is 0.592. The minimum Gasteiger partial charge on any atom is -0.342 e. The first-order valence-electron chi connectivity index (χ1n) is 11.3. The molecule has 1 heterocycles. The first-order valence-corrected chi connectivity index (χ1v) is 11.3. The summed E-state index contributed by atoms with van der Waals surface area (Å²) in [6.45, 7) is 9.34. The lowest BCUT2D eigenvalue weighted by molar-refractivity contribution is -0.137. The highest BCUT2D eigenvalue weighted by atomic mass is 16.2. The molecule has 156 valence electrons. The van der Waals surface area contributed by atoms with Crippen LogP contribution in [0.4, 0.5) is 0 Å². The fraction of sp³-hybridized carbons (Fsp3) is 0.500. The maximum Gasteiger partial charge on any atom is 0.237 e. The second-order valence-corrected chi connectivity index (χ2v) is 8.12. The smallest absolute Gasteiger partial charge is 0.237 e. The monoisotopic (exact) mass is 392 g/mol. The number of piperidine rings is 1. The molecule has 2 aromatic carbocycles. The number of likely N-dealkylation sites (tertiary alicyclic amines) is 1. The van der Waals surface area contributed by atoms with E-state index in [1.54, 1.807) is 0 Å². The Hall–Kier alpha value is -2.13. The molecule has 1 fully saturated rings. The molecule has 1 aliphatic heterocycles. The standard InChI is InChI=1S/C26H36N2O/c1-3-27(4-2)20-14-19-26(23-15-8-5-9-16-23,24-17-10-6-11-18-24)25(29)28-21-12-7-13-22-28/h5-6,8-11,15-18H,3-4,7,12-14,19-22H2,1-2H3. The van der Waals surface area contributed by atoms with E-state index < -0.39 is 5.41 Å². The van der Waals surface area contributed by atoms with E-state index in [9.17, 15) is 4.79 Å². The van der Waals surface area contributed by atoms with Crippen molar-refractivity contribution in [1.82, 2.24) is 9.80 Å². The van der Waals surface area contributed by atoms with Crippen LogP contribution in [0.5, 0.6) is 0 Å². The summed E-state index contributed by atoms with van der Waals surface area (Å²) in [5.74, 6) is 0.286. The number of hydrogen-bond donors (Lipinski definition) is 0. The van der Waals surface area contributed by atoms with Crippen molar-refractivity contribution >= 4 is 5.91 Å². The number of benzene rings is 2. The van der Waals surface area contributed by atoms with E-state index >= 15 is 0 Å². The number of hydrogen-bond acceptors (Lipinski definition) is 2. The Morgan fingerprint density at radius 1 is 0.862 bits per heavy atom. The van der Waals surface area contributed by atoms with Gasteiger partial charge in [0.2, 0.25) is 5.91 Å². The van der Waals surface area contributed by atoms with Crippen LogP contribution >= 0.6 is 0 Å². The average molecular weight is 393 g/mol. The molecule has 2 aromatic rings. The van der Waals surface area contributed by atoms with E-state index in [4.69, 9.17) is 0 Å². The van der Waals surface area contributed by atoms with Crippen LogP contribution in [0.2, 0.25) is 0 Å². The van der Waals surface area contributed by atoms with Crippen LogP contribution in [-0.4, -0.2) is 48.4 Å². The Balaban J connectivity index is 2.02. The topological polar surface area (TPSA) is 23.6 Å². The Morgan fingerprint density at radius 3 is 1.86 bits per heavy atom. The number of carbonyl (C=O) groups excluding carboxylic acids is 1. The summed E-state index contributed by atoms with van der Waals surface area (Å²) in [4.78, 5) is 18.7. The first-order chi connectivity index (χ1) is 14.2. The number of carbonyl (C=O) groups is 1. The molecule has 0 bridgehead atoms. The highest BCUT2D eigenvalue weighted by molar-refractivity contribution is 5.92. The van der Waals surface area contributed by atoms with Gasteiger partial charge in [-0.3, -0.25) is 4.79 Å². The molecule has 3 heteroatoms. The molecule has 0 atom stereocenters. The second kappa shape index (κ2) is 10.6. The van der Waals surface area contributed by atoms with Crippen molar-refractivity contribution in [2.75, 3.05) is 32.7 Å². The SMILES string of the molecule is CCN(CC)CCCC(C(=O)N1CCCCC1)(c1ccccc1)c1ccccc1. The molecule has 29 heavy (non-hydrogen) atoms. The normalized spacial score (nSPS) is 14.9. The van der Waals surface area contributed by atoms with Gasteiger partial charge in [0.1, 0.15) is 0 Å². The maximum atomic E-state index is 14.1. The first kappa shape index (κ1) is 21.6. The van der Waals surface area contributed by atoms with Crippen molar-refractivity contribution in [2.45, 2.75) is 51.4 Å². The Morgan fingerprint density at radius 2 is 1.38 bits per heavy atom. The van der Waals surface area contributed by atoms with Crippen molar-refractivity contribution in [3.8, 4) is 0 Å². The molecule has 3 rings (SSSR count). The minimum absolute atomic E-state index is 0.286. The highest BCUT2D eigenvalue weighted by Crippen LogP contribution is 2.39. The lowest BCUT2D eigenvalue weighted by Gasteiger charge is -2.40. The number of rotatable bonds is 9. The van der Waals surface area contributed by atoms with E-state index in [1.165, 1.54) is 6.42 Å². The van der Waals surface area contributed by atoms with Gasteiger partial charge in [-0.1, -0.05) is 74.5 Å². The number of amides is 1. The summed E-state index contributed by atoms with van der Waals surface area (Å²) in [6.07, 6.45) is 5.31. The van der Waals surface area contributed by atoms with Crippen LogP contribution in [0.3, 0.4) is 0 Å². The summed E-state index contributed by atoms with van der Waals surface area (Å²) in [5, 5.41) is 0. The maximum absolute atomic E-state index is 14.1.